The van der Waals surface area contributed by atoms with Crippen LogP contribution in [-0.4, -0.2) is 49.4 Å². The van der Waals surface area contributed by atoms with E-state index in [2.05, 4.69) is 25.2 Å². The largest absolute Gasteiger partial charge is 0.477 e. The molecule has 0 unspecified atom stereocenters. The maximum absolute atomic E-state index is 11.1. The number of hydrogen-bond acceptors (Lipinski definition) is 6. The van der Waals surface area contributed by atoms with E-state index in [0.29, 0.717) is 6.54 Å². The van der Waals surface area contributed by atoms with Crippen molar-refractivity contribution in [1.82, 2.24) is 25.2 Å². The third-order valence-corrected chi connectivity index (χ3v) is 4.24. The first kappa shape index (κ1) is 15.7. The number of nitrogens with zero attached hydrogens (tertiary/aromatic N) is 4. The highest BCUT2D eigenvalue weighted by molar-refractivity contribution is 5.86. The Hall–Kier alpha value is -2.22. The summed E-state index contributed by atoms with van der Waals surface area (Å²) in [7, 11) is 0. The maximum Gasteiger partial charge on any atom is 0.354 e. The summed E-state index contributed by atoms with van der Waals surface area (Å²) in [5.41, 5.74) is 0.890. The Morgan fingerprint density at radius 3 is 2.83 bits per heavy atom. The van der Waals surface area contributed by atoms with E-state index in [1.165, 1.54) is 0 Å². The first-order valence-corrected chi connectivity index (χ1v) is 7.86. The summed E-state index contributed by atoms with van der Waals surface area (Å²) in [6.07, 6.45) is 3.45. The molecule has 2 N–H and O–H groups in total. The second-order valence-electron chi connectivity index (χ2n) is 6.27. The molecular weight excluding hydrogens is 298 g/mol. The molecule has 2 aromatic heterocycles. The average Bonchev–Trinajstić information content (AvgIpc) is 3.17. The monoisotopic (exact) mass is 319 g/mol. The van der Waals surface area contributed by atoms with Gasteiger partial charge in [-0.25, -0.2) is 4.79 Å². The molecule has 1 aliphatic heterocycles. The summed E-state index contributed by atoms with van der Waals surface area (Å²) in [6.45, 7) is 6.42. The van der Waals surface area contributed by atoms with Crippen molar-refractivity contribution in [3.63, 3.8) is 0 Å². The Morgan fingerprint density at radius 1 is 1.48 bits per heavy atom. The summed E-state index contributed by atoms with van der Waals surface area (Å²) in [5.74, 6) is 1.06. The van der Waals surface area contributed by atoms with E-state index >= 15 is 0 Å². The van der Waals surface area contributed by atoms with E-state index in [4.69, 9.17) is 9.63 Å². The second kappa shape index (κ2) is 6.49. The second-order valence-corrected chi connectivity index (χ2v) is 6.27. The molecule has 3 heterocycles. The van der Waals surface area contributed by atoms with Gasteiger partial charge >= 0.3 is 5.97 Å². The minimum atomic E-state index is -0.973. The first-order chi connectivity index (χ1) is 11.0. The van der Waals surface area contributed by atoms with Crippen LogP contribution < -0.4 is 0 Å². The lowest BCUT2D eigenvalue weighted by Gasteiger charge is -2.30. The molecule has 0 atom stereocenters. The predicted molar refractivity (Wildman–Crippen MR) is 81.2 cm³/mol. The van der Waals surface area contributed by atoms with Gasteiger partial charge in [0.25, 0.3) is 0 Å². The summed E-state index contributed by atoms with van der Waals surface area (Å²) >= 11 is 0. The normalized spacial score (nSPS) is 17.0. The van der Waals surface area contributed by atoms with Gasteiger partial charge in [-0.05, 0) is 25.9 Å². The first-order valence-electron chi connectivity index (χ1n) is 7.86. The molecule has 2 aromatic rings. The van der Waals surface area contributed by atoms with Crippen LogP contribution in [0.25, 0.3) is 0 Å². The Labute approximate surface area is 133 Å². The molecule has 0 aromatic carbocycles. The number of H-pyrrole nitrogens is 1. The Kier molecular flexibility index (Phi) is 4.42. The summed E-state index contributed by atoms with van der Waals surface area (Å²) in [6, 6.07) is 0. The zero-order chi connectivity index (χ0) is 16.4. The van der Waals surface area contributed by atoms with Gasteiger partial charge in [0, 0.05) is 23.9 Å². The van der Waals surface area contributed by atoms with Crippen LogP contribution in [0.1, 0.15) is 66.3 Å². The number of carbonyl (C=O) groups is 1. The number of nitrogens with one attached hydrogen (secondary N) is 1. The molecule has 0 amide bonds. The predicted octanol–water partition coefficient (Wildman–Crippen LogP) is 1.99. The minimum Gasteiger partial charge on any atom is -0.477 e. The zero-order valence-electron chi connectivity index (χ0n) is 13.3. The Bertz CT molecular complexity index is 670. The fourth-order valence-electron chi connectivity index (χ4n) is 2.84. The molecule has 23 heavy (non-hydrogen) atoms. The number of aromatic carboxylic acids is 1. The fourth-order valence-corrected chi connectivity index (χ4v) is 2.84. The number of aromatic amines is 1. The molecule has 1 aliphatic rings. The molecule has 0 saturated carbocycles. The molecule has 0 radical (unpaired) electrons. The molecule has 124 valence electrons. The smallest absolute Gasteiger partial charge is 0.354 e. The number of piperidine rings is 1. The molecule has 0 aliphatic carbocycles. The summed E-state index contributed by atoms with van der Waals surface area (Å²) in [5, 5.41) is 19.5. The van der Waals surface area contributed by atoms with Gasteiger partial charge in [-0.15, -0.1) is 0 Å². The van der Waals surface area contributed by atoms with Crippen molar-refractivity contribution < 1.29 is 14.4 Å². The number of aromatic nitrogens is 4. The topological polar surface area (TPSA) is 108 Å². The molecule has 8 heteroatoms. The van der Waals surface area contributed by atoms with E-state index in [0.717, 1.165) is 43.2 Å². The molecule has 8 nitrogen and oxygen atoms in total. The molecule has 3 rings (SSSR count). The van der Waals surface area contributed by atoms with E-state index in [1.807, 2.05) is 13.8 Å². The summed E-state index contributed by atoms with van der Waals surface area (Å²) in [4.78, 5) is 17.8. The number of carboxylic acids is 1. The van der Waals surface area contributed by atoms with E-state index < -0.39 is 5.97 Å². The molecule has 1 fully saturated rings. The van der Waals surface area contributed by atoms with Crippen molar-refractivity contribution >= 4 is 5.97 Å². The van der Waals surface area contributed by atoms with Gasteiger partial charge in [0.2, 0.25) is 5.89 Å². The quantitative estimate of drug-likeness (QED) is 0.867. The standard InChI is InChI=1S/C15H21N5O3/c1-9(2)13-17-14(23-19-13)10-3-5-20(6-4-10)8-11-7-16-18-12(11)15(21)22/h7,9-10H,3-6,8H2,1-2H3,(H,16,18)(H,21,22). The fraction of sp³-hybridized carbons (Fsp3) is 0.600. The average molecular weight is 319 g/mol. The van der Waals surface area contributed by atoms with Gasteiger partial charge in [-0.2, -0.15) is 10.1 Å². The lowest BCUT2D eigenvalue weighted by atomic mass is 9.96. The Balaban J connectivity index is 1.57. The maximum atomic E-state index is 11.1. The van der Waals surface area contributed by atoms with Crippen LogP contribution in [-0.2, 0) is 6.54 Å². The zero-order valence-corrected chi connectivity index (χ0v) is 13.3. The van der Waals surface area contributed by atoms with Crippen molar-refractivity contribution in [2.45, 2.75) is 45.1 Å². The molecule has 0 bridgehead atoms. The highest BCUT2D eigenvalue weighted by atomic mass is 16.5. The van der Waals surface area contributed by atoms with Crippen LogP contribution in [0.5, 0.6) is 0 Å². The molecule has 1 saturated heterocycles. The molecular formula is C15H21N5O3. The number of hydrogen-bond donors (Lipinski definition) is 2. The van der Waals surface area contributed by atoms with Gasteiger partial charge in [-0.1, -0.05) is 19.0 Å². The van der Waals surface area contributed by atoms with Crippen molar-refractivity contribution in [2.24, 2.45) is 0 Å². The van der Waals surface area contributed by atoms with Crippen LogP contribution in [0.4, 0.5) is 0 Å². The van der Waals surface area contributed by atoms with Crippen LogP contribution in [0.2, 0.25) is 0 Å². The van der Waals surface area contributed by atoms with Gasteiger partial charge in [0.05, 0.1) is 6.20 Å². The number of carboxylic acid groups (broad SMARTS) is 1. The number of likely N-dealkylation sites (tertiary alicyclic amines) is 1. The van der Waals surface area contributed by atoms with E-state index in [9.17, 15) is 4.79 Å². The SMILES string of the molecule is CC(C)c1noc(C2CCN(Cc3cn[nH]c3C(=O)O)CC2)n1. The van der Waals surface area contributed by atoms with Crippen LogP contribution in [0.3, 0.4) is 0 Å². The van der Waals surface area contributed by atoms with Crippen LogP contribution >= 0.6 is 0 Å². The van der Waals surface area contributed by atoms with Crippen LogP contribution in [0.15, 0.2) is 10.7 Å². The number of rotatable bonds is 5. The van der Waals surface area contributed by atoms with Crippen molar-refractivity contribution in [3.05, 3.63) is 29.2 Å². The summed E-state index contributed by atoms with van der Waals surface area (Å²) < 4.78 is 5.38. The minimum absolute atomic E-state index is 0.172. The highest BCUT2D eigenvalue weighted by Gasteiger charge is 2.26. The van der Waals surface area contributed by atoms with Gasteiger partial charge in [0.1, 0.15) is 5.69 Å². The van der Waals surface area contributed by atoms with Crippen molar-refractivity contribution in [2.75, 3.05) is 13.1 Å². The van der Waals surface area contributed by atoms with Gasteiger partial charge < -0.3 is 9.63 Å². The van der Waals surface area contributed by atoms with E-state index in [1.54, 1.807) is 6.20 Å². The van der Waals surface area contributed by atoms with Crippen molar-refractivity contribution in [3.8, 4) is 0 Å². The van der Waals surface area contributed by atoms with Crippen LogP contribution in [0, 0.1) is 0 Å². The Morgan fingerprint density at radius 2 is 2.22 bits per heavy atom. The highest BCUT2D eigenvalue weighted by Crippen LogP contribution is 2.28. The van der Waals surface area contributed by atoms with Crippen molar-refractivity contribution in [1.29, 1.82) is 0 Å². The lowest BCUT2D eigenvalue weighted by Crippen LogP contribution is -2.32. The van der Waals surface area contributed by atoms with Gasteiger partial charge in [-0.3, -0.25) is 10.00 Å². The molecule has 0 spiro atoms. The lowest BCUT2D eigenvalue weighted by molar-refractivity contribution is 0.0687. The van der Waals surface area contributed by atoms with E-state index in [-0.39, 0.29) is 17.5 Å². The van der Waals surface area contributed by atoms with Gasteiger partial charge in [0.15, 0.2) is 5.82 Å². The third kappa shape index (κ3) is 3.42. The third-order valence-electron chi connectivity index (χ3n) is 4.24.